The SMILES string of the molecule is CCOc1nc2cccc(C(=O)NCC(=O)OCCCCON(O)O)c2n1Cc1ccc(-c2ccccc2-c2nn[nH]n2)cc1. The number of nitrogens with zero attached hydrogens (tertiary/aromatic N) is 6. The summed E-state index contributed by atoms with van der Waals surface area (Å²) in [5.41, 5.74) is 5.21. The van der Waals surface area contributed by atoms with Crippen LogP contribution in [0.1, 0.15) is 35.7 Å². The van der Waals surface area contributed by atoms with E-state index in [1.54, 1.807) is 18.2 Å². The molecule has 2 aromatic heterocycles. The fourth-order valence-electron chi connectivity index (χ4n) is 4.75. The summed E-state index contributed by atoms with van der Waals surface area (Å²) in [7, 11) is 0. The summed E-state index contributed by atoms with van der Waals surface area (Å²) < 4.78 is 12.8. The molecular formula is C30H32N8O7. The van der Waals surface area contributed by atoms with E-state index in [0.29, 0.717) is 54.4 Å². The molecule has 0 saturated carbocycles. The Bertz CT molecular complexity index is 1720. The van der Waals surface area contributed by atoms with Gasteiger partial charge in [-0.05, 0) is 53.8 Å². The number of carbonyl (C=O) groups excluding carboxylic acids is 2. The smallest absolute Gasteiger partial charge is 0.325 e. The number of benzene rings is 3. The minimum absolute atomic E-state index is 0.0440. The van der Waals surface area contributed by atoms with Crippen LogP contribution in [0.2, 0.25) is 0 Å². The van der Waals surface area contributed by atoms with Crippen molar-refractivity contribution in [1.82, 2.24) is 40.9 Å². The normalized spacial score (nSPS) is 11.2. The number of hydrogen-bond acceptors (Lipinski definition) is 12. The lowest BCUT2D eigenvalue weighted by Crippen LogP contribution is -2.31. The largest absolute Gasteiger partial charge is 0.465 e. The number of rotatable bonds is 15. The maximum Gasteiger partial charge on any atom is 0.325 e. The van der Waals surface area contributed by atoms with Gasteiger partial charge >= 0.3 is 5.97 Å². The van der Waals surface area contributed by atoms with Gasteiger partial charge < -0.3 is 14.8 Å². The summed E-state index contributed by atoms with van der Waals surface area (Å²) in [6, 6.07) is 21.4. The molecule has 45 heavy (non-hydrogen) atoms. The van der Waals surface area contributed by atoms with E-state index in [-0.39, 0.29) is 25.1 Å². The Morgan fingerprint density at radius 2 is 1.76 bits per heavy atom. The second-order valence-electron chi connectivity index (χ2n) is 9.76. The van der Waals surface area contributed by atoms with Crippen LogP contribution in [-0.4, -0.2) is 84.2 Å². The zero-order chi connectivity index (χ0) is 31.6. The van der Waals surface area contributed by atoms with E-state index >= 15 is 0 Å². The Kier molecular flexibility index (Phi) is 10.4. The first-order chi connectivity index (χ1) is 21.9. The van der Waals surface area contributed by atoms with Crippen LogP contribution in [0.25, 0.3) is 33.5 Å². The molecule has 0 aliphatic carbocycles. The Hall–Kier alpha value is -5.22. The molecule has 15 nitrogen and oxygen atoms in total. The molecule has 0 unspecified atom stereocenters. The zero-order valence-electron chi connectivity index (χ0n) is 24.4. The van der Waals surface area contributed by atoms with E-state index in [1.807, 2.05) is 60.0 Å². The highest BCUT2D eigenvalue weighted by molar-refractivity contribution is 6.06. The van der Waals surface area contributed by atoms with E-state index < -0.39 is 11.9 Å². The van der Waals surface area contributed by atoms with Gasteiger partial charge in [-0.3, -0.25) is 29.4 Å². The van der Waals surface area contributed by atoms with Crippen molar-refractivity contribution in [2.24, 2.45) is 0 Å². The van der Waals surface area contributed by atoms with E-state index in [4.69, 9.17) is 19.9 Å². The van der Waals surface area contributed by atoms with Crippen molar-refractivity contribution in [2.45, 2.75) is 26.3 Å². The predicted octanol–water partition coefficient (Wildman–Crippen LogP) is 3.40. The maximum absolute atomic E-state index is 13.3. The van der Waals surface area contributed by atoms with Crippen molar-refractivity contribution in [2.75, 3.05) is 26.4 Å². The second kappa shape index (κ2) is 15.0. The van der Waals surface area contributed by atoms with Crippen molar-refractivity contribution >= 4 is 22.9 Å². The molecule has 0 radical (unpaired) electrons. The second-order valence-corrected chi connectivity index (χ2v) is 9.76. The first-order valence-electron chi connectivity index (χ1n) is 14.2. The molecule has 2 heterocycles. The zero-order valence-corrected chi connectivity index (χ0v) is 24.4. The van der Waals surface area contributed by atoms with Gasteiger partial charge in [0.15, 0.2) is 0 Å². The third kappa shape index (κ3) is 7.84. The highest BCUT2D eigenvalue weighted by atomic mass is 17.1. The number of ether oxygens (including phenoxy) is 2. The number of nitrogens with one attached hydrogen (secondary N) is 2. The molecule has 0 aliphatic rings. The molecule has 5 rings (SSSR count). The maximum atomic E-state index is 13.3. The summed E-state index contributed by atoms with van der Waals surface area (Å²) >= 11 is 0. The Labute approximate surface area is 257 Å². The first-order valence-corrected chi connectivity index (χ1v) is 14.2. The third-order valence-electron chi connectivity index (χ3n) is 6.77. The number of aromatic nitrogens is 6. The standard InChI is InChI=1S/C30H32N8O7/c1-2-43-30-32-25-11-7-10-24(29(40)31-18-26(39)44-16-5-6-17-45-38(41)42)27(25)37(30)19-20-12-14-21(15-13-20)22-8-3-4-9-23(22)28-33-35-36-34-28/h3-4,7-15,41-42H,2,5-6,16-19H2,1H3,(H,31,40)(H,33,34,35,36). The molecule has 15 heteroatoms. The van der Waals surface area contributed by atoms with Crippen molar-refractivity contribution < 1.29 is 34.3 Å². The van der Waals surface area contributed by atoms with E-state index in [0.717, 1.165) is 22.3 Å². The number of para-hydroxylation sites is 1. The van der Waals surface area contributed by atoms with Gasteiger partial charge in [0.1, 0.15) is 6.54 Å². The van der Waals surface area contributed by atoms with Crippen molar-refractivity contribution in [3.63, 3.8) is 0 Å². The van der Waals surface area contributed by atoms with Gasteiger partial charge in [0.05, 0.1) is 48.4 Å². The van der Waals surface area contributed by atoms with Crippen molar-refractivity contribution in [3.05, 3.63) is 77.9 Å². The van der Waals surface area contributed by atoms with Crippen LogP contribution in [0.3, 0.4) is 0 Å². The number of carbonyl (C=O) groups is 2. The van der Waals surface area contributed by atoms with Crippen LogP contribution in [-0.2, 0) is 20.9 Å². The predicted molar refractivity (Wildman–Crippen MR) is 159 cm³/mol. The van der Waals surface area contributed by atoms with Gasteiger partial charge in [0.25, 0.3) is 11.9 Å². The molecule has 0 fully saturated rings. The van der Waals surface area contributed by atoms with Crippen LogP contribution in [0.15, 0.2) is 66.7 Å². The molecule has 0 saturated heterocycles. The highest BCUT2D eigenvalue weighted by Gasteiger charge is 2.20. The minimum atomic E-state index is -0.605. The van der Waals surface area contributed by atoms with Gasteiger partial charge in [-0.15, -0.1) is 10.2 Å². The molecule has 4 N–H and O–H groups in total. The fraction of sp³-hybridized carbons (Fsp3) is 0.267. The van der Waals surface area contributed by atoms with Crippen LogP contribution < -0.4 is 10.1 Å². The molecule has 5 aromatic rings. The quantitative estimate of drug-likeness (QED) is 0.0763. The highest BCUT2D eigenvalue weighted by Crippen LogP contribution is 2.31. The van der Waals surface area contributed by atoms with Gasteiger partial charge in [0.2, 0.25) is 5.82 Å². The lowest BCUT2D eigenvalue weighted by Gasteiger charge is -2.13. The van der Waals surface area contributed by atoms with Gasteiger partial charge in [0, 0.05) is 5.56 Å². The molecule has 234 valence electrons. The van der Waals surface area contributed by atoms with Gasteiger partial charge in [-0.1, -0.05) is 54.6 Å². The topological polar surface area (TPSA) is 190 Å². The number of unbranched alkanes of at least 4 members (excludes halogenated alkanes) is 1. The molecule has 0 atom stereocenters. The van der Waals surface area contributed by atoms with E-state index in [2.05, 4.69) is 35.8 Å². The number of amides is 1. The Balaban J connectivity index is 1.31. The average Bonchev–Trinajstić information content (AvgIpc) is 3.71. The Morgan fingerprint density at radius 1 is 0.978 bits per heavy atom. The number of hydrogen-bond donors (Lipinski definition) is 4. The van der Waals surface area contributed by atoms with Crippen molar-refractivity contribution in [1.29, 1.82) is 0 Å². The number of aromatic amines is 1. The average molecular weight is 617 g/mol. The summed E-state index contributed by atoms with van der Waals surface area (Å²) in [5, 5.41) is 33.7. The number of tetrazole rings is 1. The minimum Gasteiger partial charge on any atom is -0.465 e. The van der Waals surface area contributed by atoms with E-state index in [1.165, 1.54) is 0 Å². The first kappa shape index (κ1) is 31.2. The van der Waals surface area contributed by atoms with Crippen LogP contribution in [0.5, 0.6) is 6.01 Å². The van der Waals surface area contributed by atoms with Crippen LogP contribution >= 0.6 is 0 Å². The summed E-state index contributed by atoms with van der Waals surface area (Å²) in [5.74, 6) is -0.564. The van der Waals surface area contributed by atoms with Gasteiger partial charge in [-0.25, -0.2) is 0 Å². The Morgan fingerprint density at radius 3 is 2.49 bits per heavy atom. The molecule has 0 aliphatic heterocycles. The molecule has 0 bridgehead atoms. The molecule has 3 aromatic carbocycles. The molecule has 0 spiro atoms. The number of fused-ring (bicyclic) bond motifs is 1. The monoisotopic (exact) mass is 616 g/mol. The van der Waals surface area contributed by atoms with Crippen LogP contribution in [0, 0.1) is 0 Å². The lowest BCUT2D eigenvalue weighted by atomic mass is 9.98. The summed E-state index contributed by atoms with van der Waals surface area (Å²) in [6.07, 6.45) is 0.875. The van der Waals surface area contributed by atoms with Crippen molar-refractivity contribution in [3.8, 4) is 28.5 Å². The number of imidazole rings is 1. The lowest BCUT2D eigenvalue weighted by molar-refractivity contribution is -0.492. The van der Waals surface area contributed by atoms with E-state index in [9.17, 15) is 9.59 Å². The third-order valence-corrected chi connectivity index (χ3v) is 6.77. The number of H-pyrrole nitrogens is 1. The molecule has 1 amide bonds. The molecular weight excluding hydrogens is 584 g/mol. The summed E-state index contributed by atoms with van der Waals surface area (Å²) in [4.78, 5) is 34.5. The van der Waals surface area contributed by atoms with Crippen LogP contribution in [0.4, 0.5) is 0 Å². The summed E-state index contributed by atoms with van der Waals surface area (Å²) in [6.45, 7) is 2.43. The fourth-order valence-corrected chi connectivity index (χ4v) is 4.75. The number of esters is 1. The van der Waals surface area contributed by atoms with Gasteiger partial charge in [-0.2, -0.15) is 10.2 Å².